The van der Waals surface area contributed by atoms with Gasteiger partial charge in [-0.05, 0) is 93.2 Å². The number of aromatic nitrogens is 2. The maximum Gasteiger partial charge on any atom is 0.159 e. The molecule has 6 heteroatoms. The number of benzene rings is 11. The first kappa shape index (κ1) is 37.9. The van der Waals surface area contributed by atoms with Crippen molar-refractivity contribution in [2.24, 2.45) is 9.98 Å². The zero-order valence-electron chi connectivity index (χ0n) is 37.1. The monoisotopic (exact) mass is 881 g/mol. The Balaban J connectivity index is 1.02. The van der Waals surface area contributed by atoms with Crippen LogP contribution in [0.3, 0.4) is 0 Å². The fraction of sp³-hybridized carbons (Fsp3) is 0.0159. The van der Waals surface area contributed by atoms with Gasteiger partial charge >= 0.3 is 0 Å². The van der Waals surface area contributed by atoms with Gasteiger partial charge in [-0.25, -0.2) is 9.98 Å². The van der Waals surface area contributed by atoms with E-state index in [4.69, 9.17) is 14.4 Å². The molecule has 69 heavy (non-hydrogen) atoms. The van der Waals surface area contributed by atoms with E-state index in [1.54, 1.807) is 0 Å². The summed E-state index contributed by atoms with van der Waals surface area (Å²) in [5.41, 5.74) is 11.1. The molecule has 0 saturated heterocycles. The predicted octanol–water partition coefficient (Wildman–Crippen LogP) is 15.7. The molecular formula is C63H39N5O. The lowest BCUT2D eigenvalue weighted by Crippen LogP contribution is -2.33. The van der Waals surface area contributed by atoms with E-state index in [0.29, 0.717) is 5.84 Å². The van der Waals surface area contributed by atoms with Crippen LogP contribution in [0.5, 0.6) is 0 Å². The topological polar surface area (TPSA) is 59.8 Å². The zero-order valence-corrected chi connectivity index (χ0v) is 37.1. The molecule has 15 rings (SSSR count). The lowest BCUT2D eigenvalue weighted by atomic mass is 10.00. The highest BCUT2D eigenvalue weighted by atomic mass is 16.3. The van der Waals surface area contributed by atoms with Crippen molar-refractivity contribution in [3.05, 3.63) is 241 Å². The van der Waals surface area contributed by atoms with Crippen molar-refractivity contribution < 1.29 is 4.42 Å². The smallest absolute Gasteiger partial charge is 0.159 e. The molecule has 1 aliphatic rings. The van der Waals surface area contributed by atoms with Crippen molar-refractivity contribution in [3.63, 3.8) is 0 Å². The molecular weight excluding hydrogens is 843 g/mol. The number of nitrogens with one attached hydrogen (secondary N) is 1. The van der Waals surface area contributed by atoms with Crippen LogP contribution in [0, 0.1) is 0 Å². The first-order valence-corrected chi connectivity index (χ1v) is 23.5. The third-order valence-electron chi connectivity index (χ3n) is 14.3. The molecule has 0 saturated carbocycles. The maximum atomic E-state index is 7.10. The molecule has 322 valence electrons. The van der Waals surface area contributed by atoms with E-state index in [9.17, 15) is 0 Å². The summed E-state index contributed by atoms with van der Waals surface area (Å²) < 4.78 is 11.8. The number of furan rings is 1. The Morgan fingerprint density at radius 1 is 0.406 bits per heavy atom. The van der Waals surface area contributed by atoms with E-state index in [-0.39, 0.29) is 0 Å². The Kier molecular flexibility index (Phi) is 8.03. The first-order valence-electron chi connectivity index (χ1n) is 23.5. The Bertz CT molecular complexity index is 4530. The van der Waals surface area contributed by atoms with Crippen LogP contribution in [-0.4, -0.2) is 20.8 Å². The molecule has 0 bridgehead atoms. The van der Waals surface area contributed by atoms with Gasteiger partial charge in [0.05, 0.1) is 27.8 Å². The molecule has 1 aliphatic heterocycles. The first-order chi connectivity index (χ1) is 34.2. The SMILES string of the molecule is c1ccc(-n2c3ccccc3c3ccc(C4=NC(c5ccc6ccccc6c5)NC(c5cc(-n6c7ccccc7c7cc8ccccc8cc76)cc6oc7c8ccccc8ccc7c56)=N4)cc32)cc1. The molecule has 0 fully saturated rings. The van der Waals surface area contributed by atoms with E-state index in [2.05, 4.69) is 239 Å². The van der Waals surface area contributed by atoms with E-state index in [1.807, 2.05) is 0 Å². The van der Waals surface area contributed by atoms with Crippen molar-refractivity contribution >= 4 is 110 Å². The number of fused-ring (bicyclic) bond motifs is 13. The lowest BCUT2D eigenvalue weighted by molar-refractivity contribution is 0.670. The van der Waals surface area contributed by atoms with E-state index >= 15 is 0 Å². The maximum absolute atomic E-state index is 7.10. The molecule has 1 atom stereocenters. The second-order valence-corrected chi connectivity index (χ2v) is 18.2. The molecule has 14 aromatic rings. The van der Waals surface area contributed by atoms with Gasteiger partial charge in [0, 0.05) is 60.6 Å². The summed E-state index contributed by atoms with van der Waals surface area (Å²) in [6, 6.07) is 80.4. The summed E-state index contributed by atoms with van der Waals surface area (Å²) in [5, 5.41) is 17.6. The number of hydrogen-bond donors (Lipinski definition) is 1. The fourth-order valence-electron chi connectivity index (χ4n) is 11.1. The Hall–Kier alpha value is -9.26. The molecule has 0 radical (unpaired) electrons. The summed E-state index contributed by atoms with van der Waals surface area (Å²) in [6.45, 7) is 0. The average Bonchev–Trinajstić information content (AvgIpc) is 4.07. The molecule has 4 heterocycles. The molecule has 11 aromatic carbocycles. The van der Waals surface area contributed by atoms with Gasteiger partial charge in [-0.15, -0.1) is 0 Å². The van der Waals surface area contributed by atoms with Gasteiger partial charge in [0.25, 0.3) is 0 Å². The van der Waals surface area contributed by atoms with Crippen molar-refractivity contribution in [2.75, 3.05) is 0 Å². The summed E-state index contributed by atoms with van der Waals surface area (Å²) in [7, 11) is 0. The van der Waals surface area contributed by atoms with E-state index in [0.717, 1.165) is 94.1 Å². The second kappa shape index (κ2) is 14.6. The Morgan fingerprint density at radius 2 is 1.00 bits per heavy atom. The average molecular weight is 882 g/mol. The highest BCUT2D eigenvalue weighted by Crippen LogP contribution is 2.42. The third kappa shape index (κ3) is 5.79. The van der Waals surface area contributed by atoms with Gasteiger partial charge < -0.3 is 18.9 Å². The van der Waals surface area contributed by atoms with Crippen LogP contribution in [0.1, 0.15) is 22.9 Å². The summed E-state index contributed by atoms with van der Waals surface area (Å²) in [6.07, 6.45) is -0.454. The van der Waals surface area contributed by atoms with Gasteiger partial charge in [-0.2, -0.15) is 0 Å². The molecule has 1 unspecified atom stereocenters. The summed E-state index contributed by atoms with van der Waals surface area (Å²) in [5.74, 6) is 1.37. The van der Waals surface area contributed by atoms with Crippen LogP contribution >= 0.6 is 0 Å². The highest BCUT2D eigenvalue weighted by Gasteiger charge is 2.27. The Morgan fingerprint density at radius 3 is 1.80 bits per heavy atom. The van der Waals surface area contributed by atoms with Crippen LogP contribution < -0.4 is 5.32 Å². The quantitative estimate of drug-likeness (QED) is 0.187. The molecule has 0 spiro atoms. The molecule has 6 nitrogen and oxygen atoms in total. The van der Waals surface area contributed by atoms with E-state index < -0.39 is 6.17 Å². The number of rotatable bonds is 5. The van der Waals surface area contributed by atoms with E-state index in [1.165, 1.54) is 37.7 Å². The zero-order chi connectivity index (χ0) is 45.2. The van der Waals surface area contributed by atoms with Crippen molar-refractivity contribution in [3.8, 4) is 11.4 Å². The normalized spacial score (nSPS) is 14.2. The number of hydrogen-bond acceptors (Lipinski definition) is 4. The van der Waals surface area contributed by atoms with Crippen LogP contribution in [0.15, 0.2) is 239 Å². The minimum absolute atomic E-state index is 0.454. The number of nitrogens with zero attached hydrogens (tertiary/aromatic N) is 4. The minimum atomic E-state index is -0.454. The second-order valence-electron chi connectivity index (χ2n) is 18.2. The van der Waals surface area contributed by atoms with Crippen LogP contribution in [-0.2, 0) is 0 Å². The van der Waals surface area contributed by atoms with Gasteiger partial charge in [-0.3, -0.25) is 0 Å². The lowest BCUT2D eigenvalue weighted by Gasteiger charge is -2.25. The van der Waals surface area contributed by atoms with Crippen LogP contribution in [0.4, 0.5) is 0 Å². The van der Waals surface area contributed by atoms with Gasteiger partial charge in [0.2, 0.25) is 0 Å². The summed E-state index contributed by atoms with van der Waals surface area (Å²) in [4.78, 5) is 11.1. The standard InChI is InChI=1S/C63H39N5O/c1-2-19-45(20-3-1)67-54-24-12-10-22-48(54)50-30-29-44(35-56(50)67)62-64-61(43-27-26-38-14-4-5-16-40(38)32-43)65-63(66-62)53-36-46(37-58-59(53)51-31-28-39-15-8-9-21-47(39)60(51)69-58)68-55-25-13-11-23-49(55)52-33-41-17-6-7-18-42(41)34-57(52)68/h1-37,61H,(H,64,65,66). The number of aliphatic imine (C=N–C) groups is 2. The number of amidine groups is 2. The minimum Gasteiger partial charge on any atom is -0.455 e. The van der Waals surface area contributed by atoms with Crippen molar-refractivity contribution in [2.45, 2.75) is 6.17 Å². The third-order valence-corrected chi connectivity index (χ3v) is 14.3. The Labute approximate surface area is 395 Å². The number of para-hydroxylation sites is 3. The fourth-order valence-corrected chi connectivity index (χ4v) is 11.1. The highest BCUT2D eigenvalue weighted by molar-refractivity contribution is 6.25. The van der Waals surface area contributed by atoms with Crippen LogP contribution in [0.25, 0.3) is 109 Å². The van der Waals surface area contributed by atoms with Crippen molar-refractivity contribution in [1.82, 2.24) is 14.5 Å². The predicted molar refractivity (Wildman–Crippen MR) is 287 cm³/mol. The molecule has 0 aliphatic carbocycles. The van der Waals surface area contributed by atoms with Crippen LogP contribution in [0.2, 0.25) is 0 Å². The molecule has 1 N–H and O–H groups in total. The van der Waals surface area contributed by atoms with Gasteiger partial charge in [0.1, 0.15) is 23.2 Å². The van der Waals surface area contributed by atoms with Crippen molar-refractivity contribution in [1.29, 1.82) is 0 Å². The molecule has 0 amide bonds. The summed E-state index contributed by atoms with van der Waals surface area (Å²) >= 11 is 0. The largest absolute Gasteiger partial charge is 0.455 e. The van der Waals surface area contributed by atoms with Gasteiger partial charge in [-0.1, -0.05) is 158 Å². The van der Waals surface area contributed by atoms with Gasteiger partial charge in [0.15, 0.2) is 5.84 Å². The molecule has 3 aromatic heterocycles.